The van der Waals surface area contributed by atoms with Crippen LogP contribution in [0, 0.1) is 6.92 Å². The van der Waals surface area contributed by atoms with Crippen LogP contribution in [0.15, 0.2) is 24.3 Å². The lowest BCUT2D eigenvalue weighted by atomic mass is 10.1. The molecule has 0 unspecified atom stereocenters. The lowest BCUT2D eigenvalue weighted by molar-refractivity contribution is -0.122. The molecular weight excluding hydrogens is 266 g/mol. The maximum absolute atomic E-state index is 12.0. The number of aliphatic hydroxyl groups excluding tert-OH is 1. The molecule has 2 N–H and O–H groups in total. The van der Waals surface area contributed by atoms with E-state index >= 15 is 0 Å². The number of amides is 1. The van der Waals surface area contributed by atoms with E-state index in [1.165, 1.54) is 11.1 Å². The summed E-state index contributed by atoms with van der Waals surface area (Å²) in [4.78, 5) is 16.4. The molecule has 21 heavy (non-hydrogen) atoms. The molecule has 1 aromatic rings. The maximum atomic E-state index is 12.0. The summed E-state index contributed by atoms with van der Waals surface area (Å²) in [6.45, 7) is 7.66. The molecule has 2 rings (SSSR count). The Labute approximate surface area is 126 Å². The van der Waals surface area contributed by atoms with E-state index in [1.54, 1.807) is 0 Å². The average Bonchev–Trinajstić information content (AvgIpc) is 2.49. The molecule has 1 fully saturated rings. The zero-order chi connectivity index (χ0) is 15.1. The summed E-state index contributed by atoms with van der Waals surface area (Å²) in [6.07, 6.45) is 0. The van der Waals surface area contributed by atoms with Crippen molar-refractivity contribution in [1.29, 1.82) is 0 Å². The SMILES string of the molecule is Cc1ccccc1CNC(=O)CN1CCN(CCO)CC1. The van der Waals surface area contributed by atoms with Gasteiger partial charge in [-0.05, 0) is 18.1 Å². The van der Waals surface area contributed by atoms with E-state index in [1.807, 2.05) is 18.2 Å². The molecule has 0 aromatic heterocycles. The van der Waals surface area contributed by atoms with Crippen molar-refractivity contribution in [3.05, 3.63) is 35.4 Å². The third-order valence-electron chi connectivity index (χ3n) is 3.99. The average molecular weight is 291 g/mol. The largest absolute Gasteiger partial charge is 0.395 e. The number of rotatable bonds is 6. The van der Waals surface area contributed by atoms with Crippen molar-refractivity contribution in [2.24, 2.45) is 0 Å². The first kappa shape index (κ1) is 15.9. The summed E-state index contributed by atoms with van der Waals surface area (Å²) in [6, 6.07) is 8.10. The van der Waals surface area contributed by atoms with Gasteiger partial charge in [-0.2, -0.15) is 0 Å². The third-order valence-corrected chi connectivity index (χ3v) is 3.99. The second-order valence-electron chi connectivity index (χ2n) is 5.54. The second-order valence-corrected chi connectivity index (χ2v) is 5.54. The molecule has 1 aromatic carbocycles. The van der Waals surface area contributed by atoms with Crippen molar-refractivity contribution >= 4 is 5.91 Å². The van der Waals surface area contributed by atoms with E-state index in [4.69, 9.17) is 5.11 Å². The highest BCUT2D eigenvalue weighted by Crippen LogP contribution is 2.06. The van der Waals surface area contributed by atoms with E-state index in [0.717, 1.165) is 32.7 Å². The van der Waals surface area contributed by atoms with E-state index in [0.29, 0.717) is 13.1 Å². The van der Waals surface area contributed by atoms with Crippen LogP contribution in [0.25, 0.3) is 0 Å². The van der Waals surface area contributed by atoms with Crippen LogP contribution in [0.1, 0.15) is 11.1 Å². The van der Waals surface area contributed by atoms with Gasteiger partial charge in [0.2, 0.25) is 5.91 Å². The molecule has 5 nitrogen and oxygen atoms in total. The van der Waals surface area contributed by atoms with Gasteiger partial charge in [0.15, 0.2) is 0 Å². The van der Waals surface area contributed by atoms with Crippen molar-refractivity contribution in [3.63, 3.8) is 0 Å². The summed E-state index contributed by atoms with van der Waals surface area (Å²) in [7, 11) is 0. The van der Waals surface area contributed by atoms with Crippen LogP contribution in [-0.2, 0) is 11.3 Å². The maximum Gasteiger partial charge on any atom is 0.234 e. The standard InChI is InChI=1S/C16H25N3O2/c1-14-4-2-3-5-15(14)12-17-16(21)13-19-8-6-18(7-9-19)10-11-20/h2-5,20H,6-13H2,1H3,(H,17,21). The molecule has 116 valence electrons. The molecule has 0 atom stereocenters. The quantitative estimate of drug-likeness (QED) is 0.787. The number of nitrogens with zero attached hydrogens (tertiary/aromatic N) is 2. The van der Waals surface area contributed by atoms with E-state index in [-0.39, 0.29) is 12.5 Å². The van der Waals surface area contributed by atoms with Gasteiger partial charge >= 0.3 is 0 Å². The number of aliphatic hydroxyl groups is 1. The van der Waals surface area contributed by atoms with Gasteiger partial charge in [-0.25, -0.2) is 0 Å². The molecule has 1 aliphatic heterocycles. The molecule has 1 heterocycles. The first-order valence-corrected chi connectivity index (χ1v) is 7.56. The topological polar surface area (TPSA) is 55.8 Å². The van der Waals surface area contributed by atoms with Crippen molar-refractivity contribution in [1.82, 2.24) is 15.1 Å². The fourth-order valence-corrected chi connectivity index (χ4v) is 2.57. The van der Waals surface area contributed by atoms with Gasteiger partial charge < -0.3 is 10.4 Å². The van der Waals surface area contributed by atoms with Crippen LogP contribution >= 0.6 is 0 Å². The minimum Gasteiger partial charge on any atom is -0.395 e. The van der Waals surface area contributed by atoms with Crippen molar-refractivity contribution < 1.29 is 9.90 Å². The fraction of sp³-hybridized carbons (Fsp3) is 0.562. The highest BCUT2D eigenvalue weighted by Gasteiger charge is 2.18. The van der Waals surface area contributed by atoms with Crippen LogP contribution in [0.2, 0.25) is 0 Å². The minimum absolute atomic E-state index is 0.0776. The molecule has 5 heteroatoms. The predicted octanol–water partition coefficient (Wildman–Crippen LogP) is 0.221. The zero-order valence-electron chi connectivity index (χ0n) is 12.7. The number of benzene rings is 1. The lowest BCUT2D eigenvalue weighted by Gasteiger charge is -2.33. The van der Waals surface area contributed by atoms with E-state index < -0.39 is 0 Å². The predicted molar refractivity (Wildman–Crippen MR) is 83.0 cm³/mol. The Morgan fingerprint density at radius 2 is 1.86 bits per heavy atom. The zero-order valence-corrected chi connectivity index (χ0v) is 12.7. The Balaban J connectivity index is 1.70. The van der Waals surface area contributed by atoms with Crippen LogP contribution in [0.5, 0.6) is 0 Å². The van der Waals surface area contributed by atoms with E-state index in [2.05, 4.69) is 28.1 Å². The summed E-state index contributed by atoms with van der Waals surface area (Å²) < 4.78 is 0. The minimum atomic E-state index is 0.0776. The summed E-state index contributed by atoms with van der Waals surface area (Å²) in [5, 5.41) is 11.9. The molecule has 0 saturated carbocycles. The highest BCUT2D eigenvalue weighted by molar-refractivity contribution is 5.78. The third kappa shape index (κ3) is 5.12. The van der Waals surface area contributed by atoms with Crippen molar-refractivity contribution in [2.75, 3.05) is 45.9 Å². The monoisotopic (exact) mass is 291 g/mol. The Morgan fingerprint density at radius 1 is 1.19 bits per heavy atom. The van der Waals surface area contributed by atoms with Crippen LogP contribution in [0.3, 0.4) is 0 Å². The Bertz CT molecular complexity index is 457. The number of carbonyl (C=O) groups excluding carboxylic acids is 1. The molecule has 1 aliphatic rings. The normalized spacial score (nSPS) is 16.9. The van der Waals surface area contributed by atoms with Gasteiger partial charge in [0.25, 0.3) is 0 Å². The van der Waals surface area contributed by atoms with Crippen LogP contribution in [0.4, 0.5) is 0 Å². The highest BCUT2D eigenvalue weighted by atomic mass is 16.3. The molecule has 1 saturated heterocycles. The Morgan fingerprint density at radius 3 is 2.52 bits per heavy atom. The number of nitrogens with one attached hydrogen (secondary N) is 1. The Kier molecular flexibility index (Phi) is 6.17. The Hall–Kier alpha value is -1.43. The molecular formula is C16H25N3O2. The molecule has 0 radical (unpaired) electrons. The van der Waals surface area contributed by atoms with Gasteiger partial charge in [-0.3, -0.25) is 14.6 Å². The molecule has 1 amide bonds. The van der Waals surface area contributed by atoms with Gasteiger partial charge in [-0.15, -0.1) is 0 Å². The number of β-amino-alcohol motifs (C(OH)–C–C–N with tert-alkyl or cyclic N) is 1. The number of hydrogen-bond donors (Lipinski definition) is 2. The van der Waals surface area contributed by atoms with Gasteiger partial charge in [0.1, 0.15) is 0 Å². The summed E-state index contributed by atoms with van der Waals surface area (Å²) in [5.41, 5.74) is 2.37. The van der Waals surface area contributed by atoms with Gasteiger partial charge in [0.05, 0.1) is 13.2 Å². The number of piperazine rings is 1. The molecule has 0 bridgehead atoms. The van der Waals surface area contributed by atoms with Crippen molar-refractivity contribution in [2.45, 2.75) is 13.5 Å². The van der Waals surface area contributed by atoms with Crippen LogP contribution in [-0.4, -0.2) is 66.7 Å². The summed E-state index contributed by atoms with van der Waals surface area (Å²) >= 11 is 0. The lowest BCUT2D eigenvalue weighted by Crippen LogP contribution is -2.49. The number of aryl methyl sites for hydroxylation is 1. The number of carbonyl (C=O) groups is 1. The van der Waals surface area contributed by atoms with Gasteiger partial charge in [0, 0.05) is 39.3 Å². The smallest absolute Gasteiger partial charge is 0.234 e. The second kappa shape index (κ2) is 8.12. The molecule has 0 aliphatic carbocycles. The number of hydrogen-bond acceptors (Lipinski definition) is 4. The molecule has 0 spiro atoms. The first-order valence-electron chi connectivity index (χ1n) is 7.56. The fourth-order valence-electron chi connectivity index (χ4n) is 2.57. The van der Waals surface area contributed by atoms with E-state index in [9.17, 15) is 4.79 Å². The van der Waals surface area contributed by atoms with Gasteiger partial charge in [-0.1, -0.05) is 24.3 Å². The first-order chi connectivity index (χ1) is 10.2. The van der Waals surface area contributed by atoms with Crippen LogP contribution < -0.4 is 5.32 Å². The van der Waals surface area contributed by atoms with Crippen molar-refractivity contribution in [3.8, 4) is 0 Å². The summed E-state index contributed by atoms with van der Waals surface area (Å²) in [5.74, 6) is 0.0776.